The average Bonchev–Trinajstić information content (AvgIpc) is 3.39. The summed E-state index contributed by atoms with van der Waals surface area (Å²) in [4.78, 5) is 20.7. The topological polar surface area (TPSA) is 72.2 Å². The van der Waals surface area contributed by atoms with Crippen LogP contribution in [0.5, 0.6) is 0 Å². The standard InChI is InChI=1S/C29H33F2N3O3/c1-18-15-37-27(33-18)28(21-10-22(30)12-23(31)11-21)16-32-17-29(20-6-4-7-20)25(28)13-26(35)34(29)14-19-5-3-8-24(9-19)36-2/h3,5,9-12,15,20,24-25,32H,4,6-8,13-14,16-17H2,1-2H3/p+1. The van der Waals surface area contributed by atoms with Crippen LogP contribution in [-0.2, 0) is 14.9 Å². The first-order chi connectivity index (χ1) is 17.9. The molecular weight excluding hydrogens is 476 g/mol. The molecule has 196 valence electrons. The fraction of sp³-hybridized carbons (Fsp3) is 0.517. The highest BCUT2D eigenvalue weighted by Crippen LogP contribution is 2.58. The van der Waals surface area contributed by atoms with Gasteiger partial charge in [0.15, 0.2) is 0 Å². The van der Waals surface area contributed by atoms with Crippen molar-refractivity contribution < 1.29 is 28.0 Å². The molecule has 4 unspecified atom stereocenters. The zero-order chi connectivity index (χ0) is 25.8. The van der Waals surface area contributed by atoms with Crippen LogP contribution < -0.4 is 5.32 Å². The molecule has 6 nitrogen and oxygen atoms in total. The summed E-state index contributed by atoms with van der Waals surface area (Å²) in [6.07, 6.45) is 12.2. The number of fused-ring (bicyclic) bond motifs is 1. The van der Waals surface area contributed by atoms with Crippen molar-refractivity contribution in [3.05, 3.63) is 77.0 Å². The number of aromatic nitrogens is 1. The molecule has 1 aromatic heterocycles. The van der Waals surface area contributed by atoms with Gasteiger partial charge in [-0.15, -0.1) is 0 Å². The van der Waals surface area contributed by atoms with E-state index in [-0.39, 0.29) is 24.3 Å². The van der Waals surface area contributed by atoms with Crippen molar-refractivity contribution in [1.29, 1.82) is 0 Å². The van der Waals surface area contributed by atoms with Crippen molar-refractivity contribution >= 4 is 5.91 Å². The minimum absolute atomic E-state index is 0.00396. The van der Waals surface area contributed by atoms with Crippen molar-refractivity contribution in [3.63, 3.8) is 0 Å². The maximum absolute atomic E-state index is 14.7. The van der Waals surface area contributed by atoms with E-state index >= 15 is 0 Å². The van der Waals surface area contributed by atoms with Gasteiger partial charge in [0.2, 0.25) is 11.8 Å². The fourth-order valence-electron chi connectivity index (χ4n) is 7.44. The van der Waals surface area contributed by atoms with Crippen LogP contribution >= 0.6 is 0 Å². The van der Waals surface area contributed by atoms with Gasteiger partial charge >= 0.3 is 0 Å². The lowest BCUT2D eigenvalue weighted by atomic mass is 9.54. The van der Waals surface area contributed by atoms with E-state index in [1.807, 2.05) is 6.92 Å². The van der Waals surface area contributed by atoms with Crippen LogP contribution in [0.2, 0.25) is 0 Å². The Labute approximate surface area is 215 Å². The molecule has 4 aliphatic rings. The molecule has 2 aliphatic heterocycles. The Morgan fingerprint density at radius 2 is 2.00 bits per heavy atom. The van der Waals surface area contributed by atoms with E-state index in [4.69, 9.17) is 14.1 Å². The molecule has 1 amide bonds. The van der Waals surface area contributed by atoms with Gasteiger partial charge in [0.05, 0.1) is 30.4 Å². The number of nitrogens with zero attached hydrogens (tertiary/aromatic N) is 2. The molecule has 8 heteroatoms. The number of aryl methyl sites for hydroxylation is 1. The molecule has 4 atom stereocenters. The van der Waals surface area contributed by atoms with Crippen LogP contribution in [0.1, 0.15) is 49.3 Å². The zero-order valence-corrected chi connectivity index (χ0v) is 21.4. The van der Waals surface area contributed by atoms with Gasteiger partial charge in [-0.3, -0.25) is 4.79 Å². The van der Waals surface area contributed by atoms with Gasteiger partial charge in [-0.05, 0) is 55.4 Å². The first-order valence-electron chi connectivity index (χ1n) is 13.3. The summed E-state index contributed by atoms with van der Waals surface area (Å²) in [5.41, 5.74) is 0.831. The number of quaternary nitrogens is 1. The summed E-state index contributed by atoms with van der Waals surface area (Å²) >= 11 is 0. The van der Waals surface area contributed by atoms with Crippen molar-refractivity contribution in [3.8, 4) is 0 Å². The van der Waals surface area contributed by atoms with Crippen LogP contribution in [0.4, 0.5) is 8.78 Å². The number of benzene rings is 1. The molecule has 37 heavy (non-hydrogen) atoms. The lowest BCUT2D eigenvalue weighted by Gasteiger charge is -2.56. The summed E-state index contributed by atoms with van der Waals surface area (Å²) in [7, 11) is 1.70. The molecule has 2 saturated heterocycles. The lowest BCUT2D eigenvalue weighted by molar-refractivity contribution is -0.686. The van der Waals surface area contributed by atoms with Crippen molar-refractivity contribution in [2.45, 2.75) is 56.1 Å². The first-order valence-corrected chi connectivity index (χ1v) is 13.3. The molecule has 3 heterocycles. The molecule has 2 aromatic rings. The zero-order valence-electron chi connectivity index (χ0n) is 21.4. The SMILES string of the molecule is COC1C=C(CN2C(=O)CC3C(c4cc(F)cc(F)c4)(c4nc(C)co4)C[NH2+]CC32C2CCC2)C=CC1. The van der Waals surface area contributed by atoms with Gasteiger partial charge < -0.3 is 19.4 Å². The molecule has 1 aromatic carbocycles. The summed E-state index contributed by atoms with van der Waals surface area (Å²) in [6.45, 7) is 3.59. The summed E-state index contributed by atoms with van der Waals surface area (Å²) in [5, 5.41) is 2.20. The monoisotopic (exact) mass is 510 g/mol. The molecule has 6 rings (SSSR count). The van der Waals surface area contributed by atoms with Gasteiger partial charge in [0, 0.05) is 32.1 Å². The number of hydrogen-bond acceptors (Lipinski definition) is 4. The summed E-state index contributed by atoms with van der Waals surface area (Å²) in [5.74, 6) is -0.686. The molecule has 3 fully saturated rings. The number of piperidine rings is 1. The second-order valence-electron chi connectivity index (χ2n) is 11.1. The summed E-state index contributed by atoms with van der Waals surface area (Å²) in [6, 6.07) is 3.69. The number of nitrogens with two attached hydrogens (primary N) is 1. The fourth-order valence-corrected chi connectivity index (χ4v) is 7.44. The van der Waals surface area contributed by atoms with E-state index in [0.29, 0.717) is 36.2 Å². The highest BCUT2D eigenvalue weighted by Gasteiger charge is 2.69. The van der Waals surface area contributed by atoms with Crippen molar-refractivity contribution in [1.82, 2.24) is 9.88 Å². The second-order valence-corrected chi connectivity index (χ2v) is 11.1. The van der Waals surface area contributed by atoms with Gasteiger partial charge in [0.25, 0.3) is 0 Å². The minimum Gasteiger partial charge on any atom is -0.447 e. The van der Waals surface area contributed by atoms with Gasteiger partial charge in [-0.1, -0.05) is 24.6 Å². The summed E-state index contributed by atoms with van der Waals surface area (Å²) < 4.78 is 41.0. The largest absolute Gasteiger partial charge is 0.447 e. The normalized spacial score (nSPS) is 31.8. The Bertz CT molecular complexity index is 1250. The second kappa shape index (κ2) is 9.17. The highest BCUT2D eigenvalue weighted by atomic mass is 19.1. The number of methoxy groups -OCH3 is 1. The van der Waals surface area contributed by atoms with Gasteiger partial charge in [-0.2, -0.15) is 0 Å². The maximum atomic E-state index is 14.7. The first kappa shape index (κ1) is 24.5. The Kier molecular flexibility index (Phi) is 6.07. The number of halogens is 2. The van der Waals surface area contributed by atoms with Crippen LogP contribution in [-0.4, -0.2) is 54.2 Å². The molecule has 2 aliphatic carbocycles. The van der Waals surface area contributed by atoms with Gasteiger partial charge in [0.1, 0.15) is 23.3 Å². The van der Waals surface area contributed by atoms with Crippen LogP contribution in [0, 0.1) is 30.4 Å². The van der Waals surface area contributed by atoms with Crippen molar-refractivity contribution in [2.75, 3.05) is 26.7 Å². The smallest absolute Gasteiger partial charge is 0.223 e. The quantitative estimate of drug-likeness (QED) is 0.647. The van der Waals surface area contributed by atoms with E-state index in [0.717, 1.165) is 43.9 Å². The van der Waals surface area contributed by atoms with Gasteiger partial charge in [-0.25, -0.2) is 13.8 Å². The maximum Gasteiger partial charge on any atom is 0.223 e. The van der Waals surface area contributed by atoms with E-state index in [1.54, 1.807) is 13.4 Å². The molecular formula is C29H34F2N3O3+. The predicted octanol–water partition coefficient (Wildman–Crippen LogP) is 3.41. The lowest BCUT2D eigenvalue weighted by Crippen LogP contribution is -2.98. The third-order valence-electron chi connectivity index (χ3n) is 9.25. The third kappa shape index (κ3) is 3.79. The number of carbonyl (C=O) groups is 1. The molecule has 0 spiro atoms. The Morgan fingerprint density at radius 3 is 2.65 bits per heavy atom. The number of ether oxygens (including phenoxy) is 1. The van der Waals surface area contributed by atoms with Crippen LogP contribution in [0.25, 0.3) is 0 Å². The Hall–Kier alpha value is -2.84. The van der Waals surface area contributed by atoms with E-state index in [2.05, 4.69) is 28.4 Å². The molecule has 0 radical (unpaired) electrons. The molecule has 2 N–H and O–H groups in total. The number of likely N-dealkylation sites (tertiary alicyclic amines) is 1. The van der Waals surface area contributed by atoms with Crippen molar-refractivity contribution in [2.24, 2.45) is 11.8 Å². The van der Waals surface area contributed by atoms with E-state index < -0.39 is 22.6 Å². The highest BCUT2D eigenvalue weighted by molar-refractivity contribution is 5.82. The average molecular weight is 511 g/mol. The Balaban J connectivity index is 1.51. The number of rotatable bonds is 6. The third-order valence-corrected chi connectivity index (χ3v) is 9.25. The van der Waals surface area contributed by atoms with E-state index in [9.17, 15) is 13.6 Å². The minimum atomic E-state index is -0.943. The van der Waals surface area contributed by atoms with E-state index in [1.165, 1.54) is 12.1 Å². The van der Waals surface area contributed by atoms with Crippen LogP contribution in [0.15, 0.2) is 52.7 Å². The number of amides is 1. The number of hydrogen-bond donors (Lipinski definition) is 1. The molecule has 0 bridgehead atoms. The number of oxazole rings is 1. The Morgan fingerprint density at radius 1 is 1.22 bits per heavy atom. The number of carbonyl (C=O) groups excluding carboxylic acids is 1. The predicted molar refractivity (Wildman–Crippen MR) is 133 cm³/mol. The molecule has 1 saturated carbocycles. The van der Waals surface area contributed by atoms with Crippen LogP contribution in [0.3, 0.4) is 0 Å².